The van der Waals surface area contributed by atoms with E-state index in [0.29, 0.717) is 5.75 Å². The van der Waals surface area contributed by atoms with Crippen molar-refractivity contribution in [1.82, 2.24) is 0 Å². The molecular formula is C7H8Cl2NOP. The summed E-state index contributed by atoms with van der Waals surface area (Å²) < 4.78 is 8.96. The molecule has 5 heteroatoms. The summed E-state index contributed by atoms with van der Waals surface area (Å²) in [5, 5.41) is 0. The van der Waals surface area contributed by atoms with E-state index in [-0.39, 0.29) is 0 Å². The van der Waals surface area contributed by atoms with E-state index in [2.05, 4.69) is 4.74 Å². The number of rotatable bonds is 2. The Morgan fingerprint density at radius 2 is 1.83 bits per heavy atom. The Bertz CT molecular complexity index is 296. The second-order valence-electron chi connectivity index (χ2n) is 2.04. The minimum atomic E-state index is -2.58. The van der Waals surface area contributed by atoms with Crippen LogP contribution in [0.4, 0.5) is 0 Å². The second-order valence-corrected chi connectivity index (χ2v) is 6.76. The van der Waals surface area contributed by atoms with E-state index in [4.69, 9.17) is 27.0 Å². The van der Waals surface area contributed by atoms with Gasteiger partial charge in [-0.15, -0.1) is 0 Å². The highest BCUT2D eigenvalue weighted by molar-refractivity contribution is 8.07. The maximum absolute atomic E-state index is 5.74. The van der Waals surface area contributed by atoms with Crippen LogP contribution in [-0.2, 0) is 0 Å². The number of hydrogen-bond acceptors (Lipinski definition) is 2. The van der Waals surface area contributed by atoms with Gasteiger partial charge >= 0.3 is 5.99 Å². The number of para-hydroxylation sites is 1. The van der Waals surface area contributed by atoms with Gasteiger partial charge in [0, 0.05) is 7.05 Å². The summed E-state index contributed by atoms with van der Waals surface area (Å²) in [6, 6.07) is 9.14. The molecule has 0 aromatic heterocycles. The number of hydrogen-bond donors (Lipinski definition) is 0. The van der Waals surface area contributed by atoms with Crippen molar-refractivity contribution in [2.45, 2.75) is 0 Å². The van der Waals surface area contributed by atoms with E-state index in [1.165, 1.54) is 7.05 Å². The van der Waals surface area contributed by atoms with Crippen LogP contribution in [0.1, 0.15) is 0 Å². The maximum Gasteiger partial charge on any atom is 0.313 e. The van der Waals surface area contributed by atoms with Crippen molar-refractivity contribution in [3.05, 3.63) is 30.3 Å². The van der Waals surface area contributed by atoms with Gasteiger partial charge in [-0.2, -0.15) is 0 Å². The fourth-order valence-electron chi connectivity index (χ4n) is 0.649. The fourth-order valence-corrected chi connectivity index (χ4v) is 1.58. The van der Waals surface area contributed by atoms with Crippen LogP contribution in [0.3, 0.4) is 0 Å². The Morgan fingerprint density at radius 3 is 2.33 bits per heavy atom. The molecule has 0 radical (unpaired) electrons. The lowest BCUT2D eigenvalue weighted by molar-refractivity contribution is 0.628. The molecule has 0 aliphatic carbocycles. The van der Waals surface area contributed by atoms with Crippen LogP contribution in [0.2, 0.25) is 0 Å². The molecule has 0 saturated heterocycles. The number of nitrogens with zero attached hydrogens (tertiary/aromatic N) is 1. The number of benzene rings is 1. The summed E-state index contributed by atoms with van der Waals surface area (Å²) in [7, 11) is 1.54. The van der Waals surface area contributed by atoms with E-state index in [9.17, 15) is 0 Å². The van der Waals surface area contributed by atoms with E-state index in [1.54, 1.807) is 12.1 Å². The minimum Gasteiger partial charge on any atom is -0.436 e. The van der Waals surface area contributed by atoms with Crippen LogP contribution in [0, 0.1) is 0 Å². The molecule has 66 valence electrons. The summed E-state index contributed by atoms with van der Waals surface area (Å²) in [5.41, 5.74) is 0. The first-order valence-corrected chi connectivity index (χ1v) is 6.75. The van der Waals surface area contributed by atoms with E-state index in [0.717, 1.165) is 0 Å². The standard InChI is InChI=1S/C7H8Cl2NOP/c1-10-12(8,9)11-7-5-3-2-4-6-7/h2-6H,1H3. The second kappa shape index (κ2) is 4.18. The third-order valence-corrected chi connectivity index (χ3v) is 3.41. The predicted molar refractivity (Wildman–Crippen MR) is 54.0 cm³/mol. The monoisotopic (exact) mass is 223 g/mol. The molecule has 0 amide bonds. The van der Waals surface area contributed by atoms with Crippen LogP contribution in [0.15, 0.2) is 35.1 Å². The molecule has 2 nitrogen and oxygen atoms in total. The lowest BCUT2D eigenvalue weighted by Gasteiger charge is -2.09. The molecule has 0 aliphatic heterocycles. The quantitative estimate of drug-likeness (QED) is 0.692. The van der Waals surface area contributed by atoms with Crippen molar-refractivity contribution in [1.29, 1.82) is 0 Å². The van der Waals surface area contributed by atoms with Gasteiger partial charge in [-0.05, 0) is 34.6 Å². The SMILES string of the molecule is CN=P(Cl)(Cl)Oc1ccccc1. The van der Waals surface area contributed by atoms with Crippen molar-refractivity contribution in [3.8, 4) is 5.75 Å². The lowest BCUT2D eigenvalue weighted by Crippen LogP contribution is -1.80. The highest BCUT2D eigenvalue weighted by Crippen LogP contribution is 2.60. The normalized spacial score (nSPS) is 10.9. The Hall–Kier alpha value is -0.170. The average Bonchev–Trinajstić information content (AvgIpc) is 2.06. The Kier molecular flexibility index (Phi) is 3.45. The van der Waals surface area contributed by atoms with E-state index >= 15 is 0 Å². The molecule has 1 aromatic carbocycles. The molecule has 0 atom stereocenters. The Morgan fingerprint density at radius 1 is 1.25 bits per heavy atom. The molecule has 0 spiro atoms. The molecular weight excluding hydrogens is 216 g/mol. The summed E-state index contributed by atoms with van der Waals surface area (Å²) >= 11 is 11.5. The fraction of sp³-hybridized carbons (Fsp3) is 0.143. The smallest absolute Gasteiger partial charge is 0.313 e. The van der Waals surface area contributed by atoms with Gasteiger partial charge in [0.15, 0.2) is 0 Å². The zero-order chi connectivity index (χ0) is 9.03. The Balaban J connectivity index is 2.78. The van der Waals surface area contributed by atoms with Gasteiger partial charge in [0.2, 0.25) is 0 Å². The molecule has 1 aromatic rings. The largest absolute Gasteiger partial charge is 0.436 e. The Labute approximate surface area is 81.2 Å². The van der Waals surface area contributed by atoms with E-state index < -0.39 is 5.99 Å². The molecule has 0 unspecified atom stereocenters. The summed E-state index contributed by atoms with van der Waals surface area (Å²) in [5.74, 6) is -1.94. The first-order chi connectivity index (χ1) is 5.64. The molecule has 1 rings (SSSR count). The van der Waals surface area contributed by atoms with Gasteiger partial charge in [-0.25, -0.2) is 4.74 Å². The van der Waals surface area contributed by atoms with Crippen molar-refractivity contribution < 1.29 is 4.52 Å². The van der Waals surface area contributed by atoms with Gasteiger partial charge in [0.1, 0.15) is 5.75 Å². The summed E-state index contributed by atoms with van der Waals surface area (Å²) in [6.45, 7) is 0. The minimum absolute atomic E-state index is 0.640. The van der Waals surface area contributed by atoms with E-state index in [1.807, 2.05) is 18.2 Å². The van der Waals surface area contributed by atoms with Crippen molar-refractivity contribution in [2.75, 3.05) is 7.05 Å². The lowest BCUT2D eigenvalue weighted by atomic mass is 10.3. The zero-order valence-corrected chi connectivity index (χ0v) is 8.85. The molecule has 0 saturated carbocycles. The van der Waals surface area contributed by atoms with Crippen molar-refractivity contribution in [3.63, 3.8) is 0 Å². The van der Waals surface area contributed by atoms with Gasteiger partial charge in [-0.1, -0.05) is 18.2 Å². The third-order valence-electron chi connectivity index (χ3n) is 1.19. The van der Waals surface area contributed by atoms with Crippen LogP contribution in [0.5, 0.6) is 5.75 Å². The van der Waals surface area contributed by atoms with Gasteiger partial charge in [0.05, 0.1) is 0 Å². The third kappa shape index (κ3) is 3.06. The average molecular weight is 224 g/mol. The van der Waals surface area contributed by atoms with Crippen molar-refractivity contribution >= 4 is 28.5 Å². The first-order valence-electron chi connectivity index (χ1n) is 3.28. The molecule has 0 heterocycles. The molecule has 0 N–H and O–H groups in total. The van der Waals surface area contributed by atoms with Crippen molar-refractivity contribution in [2.24, 2.45) is 4.74 Å². The van der Waals surface area contributed by atoms with Gasteiger partial charge in [-0.3, -0.25) is 0 Å². The van der Waals surface area contributed by atoms with Crippen LogP contribution in [-0.4, -0.2) is 7.05 Å². The van der Waals surface area contributed by atoms with Gasteiger partial charge < -0.3 is 4.52 Å². The molecule has 12 heavy (non-hydrogen) atoms. The highest BCUT2D eigenvalue weighted by atomic mass is 35.9. The number of halogens is 2. The molecule has 0 aliphatic rings. The highest BCUT2D eigenvalue weighted by Gasteiger charge is 2.11. The van der Waals surface area contributed by atoms with Crippen LogP contribution >= 0.6 is 28.5 Å². The van der Waals surface area contributed by atoms with Crippen LogP contribution < -0.4 is 4.52 Å². The van der Waals surface area contributed by atoms with Crippen LogP contribution in [0.25, 0.3) is 0 Å². The summed E-state index contributed by atoms with van der Waals surface area (Å²) in [6.07, 6.45) is 0. The maximum atomic E-state index is 5.74. The molecule has 0 fully saturated rings. The predicted octanol–water partition coefficient (Wildman–Crippen LogP) is 4.12. The molecule has 0 bridgehead atoms. The van der Waals surface area contributed by atoms with Gasteiger partial charge in [0.25, 0.3) is 0 Å². The summed E-state index contributed by atoms with van der Waals surface area (Å²) in [4.78, 5) is 0. The zero-order valence-electron chi connectivity index (χ0n) is 6.45. The topological polar surface area (TPSA) is 21.6 Å². The first kappa shape index (κ1) is 9.91.